The van der Waals surface area contributed by atoms with Crippen LogP contribution in [0.2, 0.25) is 0 Å². The van der Waals surface area contributed by atoms with Crippen LogP contribution < -0.4 is 5.56 Å². The molecule has 17 heavy (non-hydrogen) atoms. The summed E-state index contributed by atoms with van der Waals surface area (Å²) in [6.07, 6.45) is 1.91. The molecule has 3 rings (SSSR count). The molecule has 0 aliphatic carbocycles. The van der Waals surface area contributed by atoms with E-state index in [1.54, 1.807) is 6.07 Å². The molecule has 3 heteroatoms. The van der Waals surface area contributed by atoms with Crippen LogP contribution in [0.15, 0.2) is 35.1 Å². The maximum atomic E-state index is 11.7. The summed E-state index contributed by atoms with van der Waals surface area (Å²) in [5.74, 6) is 0. The van der Waals surface area contributed by atoms with Gasteiger partial charge in [-0.2, -0.15) is 0 Å². The second kappa shape index (κ2) is 3.77. The van der Waals surface area contributed by atoms with Crippen molar-refractivity contribution in [3.63, 3.8) is 0 Å². The van der Waals surface area contributed by atoms with Crippen LogP contribution in [-0.4, -0.2) is 9.97 Å². The fourth-order valence-electron chi connectivity index (χ4n) is 2.37. The number of pyridine rings is 1. The second-order valence-electron chi connectivity index (χ2n) is 4.32. The van der Waals surface area contributed by atoms with E-state index < -0.39 is 0 Å². The lowest BCUT2D eigenvalue weighted by Crippen LogP contribution is -2.07. The minimum atomic E-state index is -0.0225. The molecule has 2 heterocycles. The van der Waals surface area contributed by atoms with E-state index in [1.165, 1.54) is 0 Å². The Labute approximate surface area is 98.5 Å². The predicted octanol–water partition coefficient (Wildman–Crippen LogP) is 2.96. The summed E-state index contributed by atoms with van der Waals surface area (Å²) in [6.45, 7) is 2.11. The van der Waals surface area contributed by atoms with Crippen molar-refractivity contribution < 1.29 is 0 Å². The van der Waals surface area contributed by atoms with E-state index in [1.807, 2.05) is 24.3 Å². The van der Waals surface area contributed by atoms with E-state index in [4.69, 9.17) is 0 Å². The van der Waals surface area contributed by atoms with Gasteiger partial charge in [0.15, 0.2) is 0 Å². The van der Waals surface area contributed by atoms with Gasteiger partial charge in [0, 0.05) is 28.0 Å². The minimum absolute atomic E-state index is 0.0225. The van der Waals surface area contributed by atoms with E-state index in [9.17, 15) is 4.79 Å². The molecular weight excluding hydrogens is 212 g/mol. The first-order valence-electron chi connectivity index (χ1n) is 5.92. The van der Waals surface area contributed by atoms with Crippen LogP contribution in [0.3, 0.4) is 0 Å². The van der Waals surface area contributed by atoms with Crippen molar-refractivity contribution in [2.24, 2.45) is 0 Å². The summed E-state index contributed by atoms with van der Waals surface area (Å²) in [4.78, 5) is 18.0. The Kier molecular flexibility index (Phi) is 2.25. The van der Waals surface area contributed by atoms with Crippen LogP contribution in [-0.2, 0) is 6.42 Å². The molecule has 0 spiro atoms. The molecule has 0 saturated heterocycles. The number of H-pyrrole nitrogens is 2. The van der Waals surface area contributed by atoms with Crippen molar-refractivity contribution in [3.8, 4) is 0 Å². The van der Waals surface area contributed by atoms with E-state index in [0.29, 0.717) is 0 Å². The molecule has 0 bridgehead atoms. The fraction of sp³-hybridized carbons (Fsp3) is 0.214. The smallest absolute Gasteiger partial charge is 0.248 e. The molecule has 0 aliphatic rings. The van der Waals surface area contributed by atoms with Gasteiger partial charge in [0.05, 0.1) is 5.52 Å². The Hall–Kier alpha value is -2.03. The Morgan fingerprint density at radius 2 is 1.94 bits per heavy atom. The molecule has 2 N–H and O–H groups in total. The van der Waals surface area contributed by atoms with Crippen molar-refractivity contribution in [1.29, 1.82) is 0 Å². The summed E-state index contributed by atoms with van der Waals surface area (Å²) in [5.41, 5.74) is 3.13. The maximum Gasteiger partial charge on any atom is 0.248 e. The van der Waals surface area contributed by atoms with Crippen molar-refractivity contribution in [2.45, 2.75) is 19.8 Å². The van der Waals surface area contributed by atoms with E-state index in [-0.39, 0.29) is 5.56 Å². The standard InChI is InChI=1S/C14H14N2O/c1-2-5-12-14-10(8-13(17)15-12)9-6-3-4-7-11(9)16-14/h3-4,6-8,16H,2,5H2,1H3,(H,15,17). The lowest BCUT2D eigenvalue weighted by Gasteiger charge is -2.00. The van der Waals surface area contributed by atoms with Crippen LogP contribution in [0.5, 0.6) is 0 Å². The number of benzene rings is 1. The molecule has 0 saturated carbocycles. The molecule has 86 valence electrons. The van der Waals surface area contributed by atoms with Crippen LogP contribution in [0.4, 0.5) is 0 Å². The van der Waals surface area contributed by atoms with Gasteiger partial charge in [-0.05, 0) is 12.5 Å². The molecule has 0 amide bonds. The molecule has 0 unspecified atom stereocenters. The van der Waals surface area contributed by atoms with Gasteiger partial charge in [-0.15, -0.1) is 0 Å². The lowest BCUT2D eigenvalue weighted by molar-refractivity contribution is 0.884. The predicted molar refractivity (Wildman–Crippen MR) is 70.4 cm³/mol. The van der Waals surface area contributed by atoms with Gasteiger partial charge in [-0.25, -0.2) is 0 Å². The van der Waals surface area contributed by atoms with Gasteiger partial charge in [0.25, 0.3) is 0 Å². The summed E-state index contributed by atoms with van der Waals surface area (Å²) >= 11 is 0. The van der Waals surface area contributed by atoms with E-state index in [2.05, 4.69) is 16.9 Å². The van der Waals surface area contributed by atoms with Gasteiger partial charge in [0.2, 0.25) is 5.56 Å². The Balaban J connectivity index is 2.46. The topological polar surface area (TPSA) is 48.6 Å². The number of fused-ring (bicyclic) bond motifs is 3. The van der Waals surface area contributed by atoms with Crippen LogP contribution in [0.1, 0.15) is 19.0 Å². The summed E-state index contributed by atoms with van der Waals surface area (Å²) < 4.78 is 0. The van der Waals surface area contributed by atoms with E-state index in [0.717, 1.165) is 40.3 Å². The highest BCUT2D eigenvalue weighted by Gasteiger charge is 2.08. The zero-order chi connectivity index (χ0) is 11.8. The van der Waals surface area contributed by atoms with Crippen molar-refractivity contribution in [3.05, 3.63) is 46.4 Å². The average Bonchev–Trinajstić information content (AvgIpc) is 2.69. The first-order chi connectivity index (χ1) is 8.29. The number of nitrogens with one attached hydrogen (secondary N) is 2. The Morgan fingerprint density at radius 3 is 2.76 bits per heavy atom. The molecule has 3 nitrogen and oxygen atoms in total. The molecule has 1 aromatic carbocycles. The Morgan fingerprint density at radius 1 is 1.12 bits per heavy atom. The zero-order valence-electron chi connectivity index (χ0n) is 9.71. The largest absolute Gasteiger partial charge is 0.353 e. The molecule has 0 atom stereocenters. The first-order valence-corrected chi connectivity index (χ1v) is 5.92. The number of rotatable bonds is 2. The molecule has 0 aliphatic heterocycles. The Bertz CT molecular complexity index is 737. The number of hydrogen-bond donors (Lipinski definition) is 2. The maximum absolute atomic E-state index is 11.7. The summed E-state index contributed by atoms with van der Waals surface area (Å²) in [6, 6.07) is 9.75. The number of aromatic nitrogens is 2. The van der Waals surface area contributed by atoms with Crippen molar-refractivity contribution in [1.82, 2.24) is 9.97 Å². The third kappa shape index (κ3) is 1.55. The number of hydrogen-bond acceptors (Lipinski definition) is 1. The highest BCUT2D eigenvalue weighted by molar-refractivity contribution is 6.07. The van der Waals surface area contributed by atoms with Gasteiger partial charge < -0.3 is 9.97 Å². The first kappa shape index (κ1) is 10.1. The van der Waals surface area contributed by atoms with Gasteiger partial charge >= 0.3 is 0 Å². The fourth-order valence-corrected chi connectivity index (χ4v) is 2.37. The van der Waals surface area contributed by atoms with Crippen LogP contribution in [0.25, 0.3) is 21.8 Å². The monoisotopic (exact) mass is 226 g/mol. The normalized spacial score (nSPS) is 11.4. The SMILES string of the molecule is CCCc1[nH]c(=O)cc2c1[nH]c1ccccc12. The van der Waals surface area contributed by atoms with Gasteiger partial charge in [-0.1, -0.05) is 31.5 Å². The van der Waals surface area contributed by atoms with Crippen LogP contribution in [0, 0.1) is 0 Å². The number of aromatic amines is 2. The third-order valence-corrected chi connectivity index (χ3v) is 3.10. The second-order valence-corrected chi connectivity index (χ2v) is 4.32. The molecular formula is C14H14N2O. The zero-order valence-corrected chi connectivity index (χ0v) is 9.71. The number of aryl methyl sites for hydroxylation is 1. The number of para-hydroxylation sites is 1. The summed E-state index contributed by atoms with van der Waals surface area (Å²) in [5, 5.41) is 2.14. The highest BCUT2D eigenvalue weighted by atomic mass is 16.1. The van der Waals surface area contributed by atoms with Crippen molar-refractivity contribution >= 4 is 21.8 Å². The molecule has 0 fully saturated rings. The van der Waals surface area contributed by atoms with E-state index >= 15 is 0 Å². The minimum Gasteiger partial charge on any atom is -0.353 e. The van der Waals surface area contributed by atoms with Crippen molar-refractivity contribution in [2.75, 3.05) is 0 Å². The quantitative estimate of drug-likeness (QED) is 0.693. The molecule has 0 radical (unpaired) electrons. The lowest BCUT2D eigenvalue weighted by atomic mass is 10.1. The molecule has 3 aromatic rings. The third-order valence-electron chi connectivity index (χ3n) is 3.10. The average molecular weight is 226 g/mol. The van der Waals surface area contributed by atoms with Gasteiger partial charge in [0.1, 0.15) is 0 Å². The van der Waals surface area contributed by atoms with Gasteiger partial charge in [-0.3, -0.25) is 4.79 Å². The highest BCUT2D eigenvalue weighted by Crippen LogP contribution is 2.25. The molecule has 2 aromatic heterocycles. The summed E-state index contributed by atoms with van der Waals surface area (Å²) in [7, 11) is 0. The van der Waals surface area contributed by atoms with Crippen LogP contribution >= 0.6 is 0 Å².